The second-order valence-electron chi connectivity index (χ2n) is 5.79. The van der Waals surface area contributed by atoms with Gasteiger partial charge in [-0.25, -0.2) is 0 Å². The van der Waals surface area contributed by atoms with E-state index in [1.807, 2.05) is 0 Å². The first-order valence-electron chi connectivity index (χ1n) is 6.81. The fourth-order valence-electron chi connectivity index (χ4n) is 2.91. The van der Waals surface area contributed by atoms with Crippen molar-refractivity contribution >= 4 is 10.9 Å². The summed E-state index contributed by atoms with van der Waals surface area (Å²) in [5, 5.41) is 0.859. The Bertz CT molecular complexity index is 381. The van der Waals surface area contributed by atoms with E-state index in [4.69, 9.17) is 0 Å². The Labute approximate surface area is 109 Å². The topological polar surface area (TPSA) is 0 Å². The molecule has 0 aliphatic carbocycles. The lowest BCUT2D eigenvalue weighted by Crippen LogP contribution is -2.18. The number of hydrogen-bond acceptors (Lipinski definition) is 0. The number of rotatable bonds is 3. The largest absolute Gasteiger partial charge is 0.143 e. The molecule has 1 saturated heterocycles. The van der Waals surface area contributed by atoms with Crippen molar-refractivity contribution in [3.8, 4) is 0 Å². The molecule has 1 aromatic carbocycles. The van der Waals surface area contributed by atoms with Gasteiger partial charge in [0, 0.05) is 12.0 Å². The van der Waals surface area contributed by atoms with Crippen LogP contribution in [-0.4, -0.2) is 11.5 Å². The Hall–Kier alpha value is -0.430. The first-order valence-corrected chi connectivity index (χ1v) is 8.44. The summed E-state index contributed by atoms with van der Waals surface area (Å²) in [6.45, 7) is 9.21. The van der Waals surface area contributed by atoms with Crippen LogP contribution in [0.3, 0.4) is 0 Å². The molecule has 2 rings (SSSR count). The zero-order valence-corrected chi connectivity index (χ0v) is 12.4. The van der Waals surface area contributed by atoms with Gasteiger partial charge in [-0.3, -0.25) is 0 Å². The van der Waals surface area contributed by atoms with E-state index in [0.29, 0.717) is 10.9 Å². The minimum absolute atomic E-state index is 0.637. The highest BCUT2D eigenvalue weighted by Crippen LogP contribution is 2.38. The standard InChI is InChI=1S/C16H25S/c1-12(2)11-17-9-5-6-16(17)15-8-7-13(3)10-14(15)4/h7-8,10,12,16H,5-6,9,11H2,1-4H3/q+1. The second kappa shape index (κ2) is 5.48. The molecule has 0 saturated carbocycles. The Balaban J connectivity index is 2.20. The molecule has 0 N–H and O–H groups in total. The molecule has 1 heteroatoms. The molecule has 0 aromatic heterocycles. The molecule has 1 aromatic rings. The van der Waals surface area contributed by atoms with Crippen LogP contribution >= 0.6 is 0 Å². The van der Waals surface area contributed by atoms with Crippen LogP contribution in [0.15, 0.2) is 18.2 Å². The van der Waals surface area contributed by atoms with Gasteiger partial charge in [0.05, 0.1) is 0 Å². The average molecular weight is 249 g/mol. The van der Waals surface area contributed by atoms with Gasteiger partial charge >= 0.3 is 0 Å². The van der Waals surface area contributed by atoms with Crippen LogP contribution in [0.5, 0.6) is 0 Å². The summed E-state index contributed by atoms with van der Waals surface area (Å²) in [7, 11) is 0.637. The first-order chi connectivity index (χ1) is 8.08. The smallest absolute Gasteiger partial charge is 0.0588 e. The zero-order valence-electron chi connectivity index (χ0n) is 11.6. The van der Waals surface area contributed by atoms with E-state index in [2.05, 4.69) is 45.9 Å². The summed E-state index contributed by atoms with van der Waals surface area (Å²) in [6, 6.07) is 7.03. The highest BCUT2D eigenvalue weighted by atomic mass is 32.2. The molecule has 17 heavy (non-hydrogen) atoms. The molecule has 0 radical (unpaired) electrons. The lowest BCUT2D eigenvalue weighted by atomic mass is 10.0. The van der Waals surface area contributed by atoms with Crippen molar-refractivity contribution in [1.29, 1.82) is 0 Å². The predicted molar refractivity (Wildman–Crippen MR) is 79.8 cm³/mol. The Morgan fingerprint density at radius 1 is 1.29 bits per heavy atom. The lowest BCUT2D eigenvalue weighted by Gasteiger charge is -2.16. The third kappa shape index (κ3) is 3.07. The molecular formula is C16H25S+. The minimum Gasteiger partial charge on any atom is -0.0588 e. The van der Waals surface area contributed by atoms with Gasteiger partial charge < -0.3 is 0 Å². The molecule has 0 nitrogen and oxygen atoms in total. The minimum atomic E-state index is 0.637. The molecule has 1 fully saturated rings. The highest BCUT2D eigenvalue weighted by Gasteiger charge is 2.38. The normalized spacial score (nSPS) is 24.5. The summed E-state index contributed by atoms with van der Waals surface area (Å²) < 4.78 is 0. The van der Waals surface area contributed by atoms with E-state index in [1.54, 1.807) is 5.56 Å². The van der Waals surface area contributed by atoms with Gasteiger partial charge in [0.15, 0.2) is 0 Å². The van der Waals surface area contributed by atoms with E-state index >= 15 is 0 Å². The second-order valence-corrected chi connectivity index (χ2v) is 8.18. The Kier molecular flexibility index (Phi) is 4.19. The van der Waals surface area contributed by atoms with Crippen molar-refractivity contribution in [2.75, 3.05) is 11.5 Å². The fraction of sp³-hybridized carbons (Fsp3) is 0.625. The van der Waals surface area contributed by atoms with Crippen LogP contribution < -0.4 is 0 Å². The fourth-order valence-corrected chi connectivity index (χ4v) is 6.11. The van der Waals surface area contributed by atoms with Crippen molar-refractivity contribution in [3.63, 3.8) is 0 Å². The van der Waals surface area contributed by atoms with Gasteiger partial charge in [-0.2, -0.15) is 0 Å². The average Bonchev–Trinajstić information content (AvgIpc) is 2.65. The van der Waals surface area contributed by atoms with Crippen molar-refractivity contribution in [2.45, 2.75) is 45.8 Å². The third-order valence-corrected chi connectivity index (χ3v) is 6.80. The molecule has 2 unspecified atom stereocenters. The maximum Gasteiger partial charge on any atom is 0.143 e. The molecule has 1 aliphatic rings. The third-order valence-electron chi connectivity index (χ3n) is 3.59. The van der Waals surface area contributed by atoms with Gasteiger partial charge in [0.1, 0.15) is 16.8 Å². The van der Waals surface area contributed by atoms with Crippen LogP contribution in [0.4, 0.5) is 0 Å². The van der Waals surface area contributed by atoms with Gasteiger partial charge in [-0.05, 0) is 42.6 Å². The van der Waals surface area contributed by atoms with E-state index in [0.717, 1.165) is 11.2 Å². The van der Waals surface area contributed by atoms with E-state index in [9.17, 15) is 0 Å². The molecule has 0 bridgehead atoms. The van der Waals surface area contributed by atoms with E-state index < -0.39 is 0 Å². The maximum atomic E-state index is 2.39. The summed E-state index contributed by atoms with van der Waals surface area (Å²) in [4.78, 5) is 0. The highest BCUT2D eigenvalue weighted by molar-refractivity contribution is 7.97. The van der Waals surface area contributed by atoms with Crippen molar-refractivity contribution in [3.05, 3.63) is 34.9 Å². The number of benzene rings is 1. The van der Waals surface area contributed by atoms with E-state index in [1.165, 1.54) is 35.5 Å². The van der Waals surface area contributed by atoms with Gasteiger partial charge in [-0.1, -0.05) is 37.6 Å². The number of hydrogen-bond donors (Lipinski definition) is 0. The summed E-state index contributed by atoms with van der Waals surface area (Å²) >= 11 is 0. The molecule has 1 heterocycles. The predicted octanol–water partition coefficient (Wildman–Crippen LogP) is 4.41. The molecule has 94 valence electrons. The van der Waals surface area contributed by atoms with Gasteiger partial charge in [-0.15, -0.1) is 0 Å². The summed E-state index contributed by atoms with van der Waals surface area (Å²) in [5.41, 5.74) is 4.54. The molecule has 0 amide bonds. The van der Waals surface area contributed by atoms with Gasteiger partial charge in [0.2, 0.25) is 0 Å². The quantitative estimate of drug-likeness (QED) is 0.696. The van der Waals surface area contributed by atoms with Crippen LogP contribution in [0, 0.1) is 19.8 Å². The summed E-state index contributed by atoms with van der Waals surface area (Å²) in [5.74, 6) is 3.75. The van der Waals surface area contributed by atoms with Gasteiger partial charge in [0.25, 0.3) is 0 Å². The van der Waals surface area contributed by atoms with Crippen molar-refractivity contribution in [1.82, 2.24) is 0 Å². The molecule has 1 aliphatic heterocycles. The Morgan fingerprint density at radius 2 is 2.06 bits per heavy atom. The lowest BCUT2D eigenvalue weighted by molar-refractivity contribution is 0.743. The SMILES string of the molecule is Cc1ccc(C2CCC[S+]2CC(C)C)c(C)c1. The first kappa shape index (κ1) is 13.0. The molecular weight excluding hydrogens is 224 g/mol. The van der Waals surface area contributed by atoms with Crippen molar-refractivity contribution in [2.24, 2.45) is 5.92 Å². The van der Waals surface area contributed by atoms with Crippen LogP contribution in [0.1, 0.15) is 48.6 Å². The van der Waals surface area contributed by atoms with Crippen LogP contribution in [0.2, 0.25) is 0 Å². The molecule has 2 atom stereocenters. The Morgan fingerprint density at radius 3 is 2.71 bits per heavy atom. The van der Waals surface area contributed by atoms with Crippen LogP contribution in [-0.2, 0) is 10.9 Å². The van der Waals surface area contributed by atoms with Crippen molar-refractivity contribution < 1.29 is 0 Å². The van der Waals surface area contributed by atoms with Crippen LogP contribution in [0.25, 0.3) is 0 Å². The molecule has 0 spiro atoms. The number of aryl methyl sites for hydroxylation is 2. The monoisotopic (exact) mass is 249 g/mol. The van der Waals surface area contributed by atoms with E-state index in [-0.39, 0.29) is 0 Å². The zero-order chi connectivity index (χ0) is 12.4. The maximum absolute atomic E-state index is 2.39. The summed E-state index contributed by atoms with van der Waals surface area (Å²) in [6.07, 6.45) is 2.85.